The molecule has 126 valence electrons. The zero-order valence-electron chi connectivity index (χ0n) is 13.9. The first-order valence-electron chi connectivity index (χ1n) is 7.62. The van der Waals surface area contributed by atoms with Gasteiger partial charge in [0.05, 0.1) is 32.0 Å². The van der Waals surface area contributed by atoms with Crippen LogP contribution in [0.4, 0.5) is 5.69 Å². The van der Waals surface area contributed by atoms with E-state index >= 15 is 0 Å². The van der Waals surface area contributed by atoms with Gasteiger partial charge in [-0.2, -0.15) is 5.10 Å². The lowest BCUT2D eigenvalue weighted by Gasteiger charge is -2.34. The van der Waals surface area contributed by atoms with E-state index in [1.54, 1.807) is 21.8 Å². The highest BCUT2D eigenvalue weighted by Crippen LogP contribution is 2.35. The van der Waals surface area contributed by atoms with Crippen molar-refractivity contribution in [2.75, 3.05) is 12.0 Å². The Bertz CT molecular complexity index is 784. The molecule has 1 atom stereocenters. The quantitative estimate of drug-likeness (QED) is 0.796. The van der Waals surface area contributed by atoms with E-state index in [9.17, 15) is 9.59 Å². The van der Waals surface area contributed by atoms with Crippen molar-refractivity contribution in [2.24, 2.45) is 7.05 Å². The SMILES string of the molecule is COC(=O)CC1Oc2ccccc2N(Cc2cnn(C)c2C)C1=O. The van der Waals surface area contributed by atoms with Gasteiger partial charge >= 0.3 is 5.97 Å². The van der Waals surface area contributed by atoms with Crippen molar-refractivity contribution in [3.63, 3.8) is 0 Å². The Balaban J connectivity index is 1.94. The molecule has 1 aromatic heterocycles. The number of hydrogen-bond acceptors (Lipinski definition) is 5. The second-order valence-corrected chi connectivity index (χ2v) is 5.66. The van der Waals surface area contributed by atoms with Crippen LogP contribution in [-0.2, 0) is 27.9 Å². The van der Waals surface area contributed by atoms with Crippen LogP contribution in [-0.4, -0.2) is 34.9 Å². The molecular formula is C17H19N3O4. The zero-order valence-corrected chi connectivity index (χ0v) is 13.9. The third-order valence-corrected chi connectivity index (χ3v) is 4.21. The number of fused-ring (bicyclic) bond motifs is 1. The molecule has 0 N–H and O–H groups in total. The Morgan fingerprint density at radius 2 is 2.12 bits per heavy atom. The number of benzene rings is 1. The van der Waals surface area contributed by atoms with Gasteiger partial charge in [0.25, 0.3) is 5.91 Å². The van der Waals surface area contributed by atoms with Crippen molar-refractivity contribution in [3.05, 3.63) is 41.7 Å². The Labute approximate surface area is 139 Å². The number of para-hydroxylation sites is 2. The number of anilines is 1. The topological polar surface area (TPSA) is 73.7 Å². The van der Waals surface area contributed by atoms with Gasteiger partial charge in [-0.3, -0.25) is 14.3 Å². The first-order valence-corrected chi connectivity index (χ1v) is 7.62. The van der Waals surface area contributed by atoms with Crippen LogP contribution in [0.5, 0.6) is 5.75 Å². The molecule has 0 spiro atoms. The summed E-state index contributed by atoms with van der Waals surface area (Å²) in [5, 5.41) is 4.22. The van der Waals surface area contributed by atoms with Crippen molar-refractivity contribution in [3.8, 4) is 5.75 Å². The molecule has 0 saturated carbocycles. The summed E-state index contributed by atoms with van der Waals surface area (Å²) in [5.74, 6) is -0.167. The lowest BCUT2D eigenvalue weighted by atomic mass is 10.1. The summed E-state index contributed by atoms with van der Waals surface area (Å²) in [4.78, 5) is 26.0. The van der Waals surface area contributed by atoms with Gasteiger partial charge < -0.3 is 14.4 Å². The Morgan fingerprint density at radius 1 is 1.38 bits per heavy atom. The smallest absolute Gasteiger partial charge is 0.309 e. The highest BCUT2D eigenvalue weighted by Gasteiger charge is 2.36. The van der Waals surface area contributed by atoms with Crippen molar-refractivity contribution in [1.82, 2.24) is 9.78 Å². The van der Waals surface area contributed by atoms with Gasteiger partial charge in [0.2, 0.25) is 0 Å². The van der Waals surface area contributed by atoms with Gasteiger partial charge in [-0.1, -0.05) is 12.1 Å². The number of aromatic nitrogens is 2. The monoisotopic (exact) mass is 329 g/mol. The van der Waals surface area contributed by atoms with Crippen LogP contribution in [0.1, 0.15) is 17.7 Å². The van der Waals surface area contributed by atoms with E-state index in [-0.39, 0.29) is 12.3 Å². The highest BCUT2D eigenvalue weighted by molar-refractivity contribution is 6.01. The van der Waals surface area contributed by atoms with E-state index < -0.39 is 12.1 Å². The first-order chi connectivity index (χ1) is 11.5. The maximum absolute atomic E-state index is 12.8. The fourth-order valence-corrected chi connectivity index (χ4v) is 2.67. The van der Waals surface area contributed by atoms with Crippen LogP contribution in [0.15, 0.2) is 30.5 Å². The highest BCUT2D eigenvalue weighted by atomic mass is 16.5. The van der Waals surface area contributed by atoms with E-state index in [2.05, 4.69) is 9.84 Å². The second kappa shape index (κ2) is 6.35. The van der Waals surface area contributed by atoms with Crippen molar-refractivity contribution in [2.45, 2.75) is 26.0 Å². The summed E-state index contributed by atoms with van der Waals surface area (Å²) in [6, 6.07) is 7.29. The number of nitrogens with zero attached hydrogens (tertiary/aromatic N) is 3. The molecule has 1 amide bonds. The number of ether oxygens (including phenoxy) is 2. The molecule has 0 saturated heterocycles. The Hall–Kier alpha value is -2.83. The van der Waals surface area contributed by atoms with Crippen LogP contribution in [0.25, 0.3) is 0 Å². The van der Waals surface area contributed by atoms with E-state index in [0.717, 1.165) is 11.3 Å². The summed E-state index contributed by atoms with van der Waals surface area (Å²) >= 11 is 0. The molecular weight excluding hydrogens is 310 g/mol. The Morgan fingerprint density at radius 3 is 2.79 bits per heavy atom. The minimum absolute atomic E-state index is 0.119. The van der Waals surface area contributed by atoms with Crippen molar-refractivity contribution < 1.29 is 19.1 Å². The van der Waals surface area contributed by atoms with E-state index in [0.29, 0.717) is 18.0 Å². The molecule has 0 aliphatic carbocycles. The number of rotatable bonds is 4. The summed E-state index contributed by atoms with van der Waals surface area (Å²) in [7, 11) is 3.15. The largest absolute Gasteiger partial charge is 0.478 e. The predicted molar refractivity (Wildman–Crippen MR) is 86.6 cm³/mol. The molecule has 1 aromatic carbocycles. The molecule has 7 heteroatoms. The van der Waals surface area contributed by atoms with E-state index in [1.165, 1.54) is 7.11 Å². The van der Waals surface area contributed by atoms with Gasteiger partial charge in [-0.05, 0) is 19.1 Å². The molecule has 7 nitrogen and oxygen atoms in total. The summed E-state index contributed by atoms with van der Waals surface area (Å²) in [6.07, 6.45) is 0.742. The third kappa shape index (κ3) is 2.84. The van der Waals surface area contributed by atoms with Crippen LogP contribution in [0.3, 0.4) is 0 Å². The fraction of sp³-hybridized carbons (Fsp3) is 0.353. The molecule has 0 fully saturated rings. The number of methoxy groups -OCH3 is 1. The molecule has 1 aliphatic rings. The number of amides is 1. The van der Waals surface area contributed by atoms with Crippen LogP contribution < -0.4 is 9.64 Å². The van der Waals surface area contributed by atoms with Gasteiger partial charge in [0.1, 0.15) is 5.75 Å². The Kier molecular flexibility index (Phi) is 4.24. The fourth-order valence-electron chi connectivity index (χ4n) is 2.67. The van der Waals surface area contributed by atoms with Gasteiger partial charge in [-0.15, -0.1) is 0 Å². The maximum Gasteiger partial charge on any atom is 0.309 e. The van der Waals surface area contributed by atoms with E-state index in [4.69, 9.17) is 4.74 Å². The van der Waals surface area contributed by atoms with Crippen molar-refractivity contribution in [1.29, 1.82) is 0 Å². The summed E-state index contributed by atoms with van der Waals surface area (Å²) in [5.41, 5.74) is 2.61. The normalized spacial score (nSPS) is 16.5. The first kappa shape index (κ1) is 16.0. The number of carbonyl (C=O) groups is 2. The van der Waals surface area contributed by atoms with Crippen LogP contribution >= 0.6 is 0 Å². The second-order valence-electron chi connectivity index (χ2n) is 5.66. The molecule has 0 radical (unpaired) electrons. The van der Waals surface area contributed by atoms with Gasteiger partial charge in [-0.25, -0.2) is 0 Å². The van der Waals surface area contributed by atoms with Gasteiger partial charge in [0.15, 0.2) is 6.10 Å². The lowest BCUT2D eigenvalue weighted by molar-refractivity contribution is -0.145. The van der Waals surface area contributed by atoms with Crippen LogP contribution in [0.2, 0.25) is 0 Å². The van der Waals surface area contributed by atoms with Crippen LogP contribution in [0, 0.1) is 6.92 Å². The summed E-state index contributed by atoms with van der Waals surface area (Å²) < 4.78 is 12.1. The zero-order chi connectivity index (χ0) is 17.3. The van der Waals surface area contributed by atoms with Crippen molar-refractivity contribution >= 4 is 17.6 Å². The number of carbonyl (C=O) groups excluding carboxylic acids is 2. The third-order valence-electron chi connectivity index (χ3n) is 4.21. The molecule has 1 aliphatic heterocycles. The minimum Gasteiger partial charge on any atom is -0.478 e. The molecule has 24 heavy (non-hydrogen) atoms. The molecule has 2 aromatic rings. The maximum atomic E-state index is 12.8. The summed E-state index contributed by atoms with van der Waals surface area (Å²) in [6.45, 7) is 2.32. The molecule has 1 unspecified atom stereocenters. The standard InChI is InChI=1S/C17H19N3O4/c1-11-12(9-18-19(11)2)10-20-13-6-4-5-7-14(13)24-15(17(20)22)8-16(21)23-3/h4-7,9,15H,8,10H2,1-3H3. The number of esters is 1. The minimum atomic E-state index is -0.885. The predicted octanol–water partition coefficient (Wildman–Crippen LogP) is 1.59. The molecule has 0 bridgehead atoms. The lowest BCUT2D eigenvalue weighted by Crippen LogP contribution is -2.46. The molecule has 3 rings (SSSR count). The van der Waals surface area contributed by atoms with Gasteiger partial charge in [0, 0.05) is 18.3 Å². The van der Waals surface area contributed by atoms with E-state index in [1.807, 2.05) is 32.2 Å². The average Bonchev–Trinajstić information content (AvgIpc) is 2.90. The average molecular weight is 329 g/mol. The molecule has 2 heterocycles. The number of hydrogen-bond donors (Lipinski definition) is 0. The number of aryl methyl sites for hydroxylation is 1.